The molecule has 2 heterocycles. The standard InChI is InChI=1S/C20H25N5O2/c1-13-11-26-8-7-25(13)18-10-17(23-12-24-18)19(22)15-9-14(3-4-16(15)21)27-20(2)5-6-20/h3-4,9-10,12-13,22H,5-8,11,21H2,1-2H3. The van der Waals surface area contributed by atoms with Gasteiger partial charge in [0.2, 0.25) is 0 Å². The lowest BCUT2D eigenvalue weighted by Crippen LogP contribution is -2.44. The van der Waals surface area contributed by atoms with Crippen LogP contribution in [0.5, 0.6) is 5.75 Å². The zero-order chi connectivity index (χ0) is 19.0. The lowest BCUT2D eigenvalue weighted by molar-refractivity contribution is 0.0985. The summed E-state index contributed by atoms with van der Waals surface area (Å²) in [5.41, 5.74) is 8.03. The normalized spacial score (nSPS) is 21.0. The molecule has 1 saturated carbocycles. The fraction of sp³-hybridized carbons (Fsp3) is 0.450. The number of ether oxygens (including phenoxy) is 2. The Hall–Kier alpha value is -2.67. The number of nitrogens with one attached hydrogen (secondary N) is 1. The number of hydrogen-bond acceptors (Lipinski definition) is 7. The summed E-state index contributed by atoms with van der Waals surface area (Å²) in [6, 6.07) is 7.56. The molecule has 0 spiro atoms. The lowest BCUT2D eigenvalue weighted by atomic mass is 10.0. The summed E-state index contributed by atoms with van der Waals surface area (Å²) in [7, 11) is 0. The molecule has 1 atom stereocenters. The first-order valence-electron chi connectivity index (χ1n) is 9.29. The number of nitrogens with zero attached hydrogens (tertiary/aromatic N) is 3. The molecule has 4 rings (SSSR count). The molecule has 1 aliphatic carbocycles. The highest BCUT2D eigenvalue weighted by Gasteiger charge is 2.40. The molecule has 1 aliphatic heterocycles. The van der Waals surface area contributed by atoms with Gasteiger partial charge in [0.05, 0.1) is 30.7 Å². The van der Waals surface area contributed by atoms with Gasteiger partial charge >= 0.3 is 0 Å². The van der Waals surface area contributed by atoms with Crippen molar-refractivity contribution >= 4 is 17.2 Å². The SMILES string of the molecule is CC1COCCN1c1cc(C(=N)c2cc(OC3(C)CC3)ccc2N)ncn1. The molecular formula is C20H25N5O2. The number of hydrogen-bond donors (Lipinski definition) is 2. The minimum atomic E-state index is -0.0792. The molecule has 2 fully saturated rings. The average Bonchev–Trinajstić information content (AvgIpc) is 3.40. The van der Waals surface area contributed by atoms with Crippen molar-refractivity contribution < 1.29 is 9.47 Å². The maximum absolute atomic E-state index is 8.65. The van der Waals surface area contributed by atoms with Crippen molar-refractivity contribution in [3.63, 3.8) is 0 Å². The molecule has 0 bridgehead atoms. The minimum Gasteiger partial charge on any atom is -0.488 e. The predicted molar refractivity (Wildman–Crippen MR) is 105 cm³/mol. The largest absolute Gasteiger partial charge is 0.488 e. The Balaban J connectivity index is 1.61. The Morgan fingerprint density at radius 3 is 2.89 bits per heavy atom. The molecule has 142 valence electrons. The number of aromatic nitrogens is 2. The van der Waals surface area contributed by atoms with Crippen LogP contribution in [0.15, 0.2) is 30.6 Å². The van der Waals surface area contributed by atoms with E-state index in [-0.39, 0.29) is 17.4 Å². The number of rotatable bonds is 5. The molecule has 2 aromatic rings. The van der Waals surface area contributed by atoms with Gasteiger partial charge in [0, 0.05) is 23.9 Å². The molecular weight excluding hydrogens is 342 g/mol. The van der Waals surface area contributed by atoms with Crippen LogP contribution >= 0.6 is 0 Å². The minimum absolute atomic E-state index is 0.0792. The van der Waals surface area contributed by atoms with Crippen molar-refractivity contribution in [2.24, 2.45) is 0 Å². The highest BCUT2D eigenvalue weighted by Crippen LogP contribution is 2.40. The lowest BCUT2D eigenvalue weighted by Gasteiger charge is -2.34. The van der Waals surface area contributed by atoms with Gasteiger partial charge in [-0.3, -0.25) is 5.41 Å². The van der Waals surface area contributed by atoms with E-state index in [0.717, 1.165) is 31.0 Å². The summed E-state index contributed by atoms with van der Waals surface area (Å²) in [5, 5.41) is 8.65. The van der Waals surface area contributed by atoms with Crippen LogP contribution in [0.3, 0.4) is 0 Å². The van der Waals surface area contributed by atoms with E-state index in [1.54, 1.807) is 6.07 Å². The van der Waals surface area contributed by atoms with Crippen LogP contribution in [-0.2, 0) is 4.74 Å². The van der Waals surface area contributed by atoms with Gasteiger partial charge in [-0.1, -0.05) is 0 Å². The molecule has 0 radical (unpaired) electrons. The van der Waals surface area contributed by atoms with Gasteiger partial charge in [0.15, 0.2) is 0 Å². The van der Waals surface area contributed by atoms with Crippen LogP contribution < -0.4 is 15.4 Å². The van der Waals surface area contributed by atoms with Gasteiger partial charge in [-0.15, -0.1) is 0 Å². The van der Waals surface area contributed by atoms with Crippen molar-refractivity contribution in [2.45, 2.75) is 38.3 Å². The summed E-state index contributed by atoms with van der Waals surface area (Å²) in [6.45, 7) is 6.31. The molecule has 1 unspecified atom stereocenters. The van der Waals surface area contributed by atoms with E-state index in [9.17, 15) is 0 Å². The van der Waals surface area contributed by atoms with Gasteiger partial charge in [-0.25, -0.2) is 9.97 Å². The maximum atomic E-state index is 8.65. The molecule has 27 heavy (non-hydrogen) atoms. The van der Waals surface area contributed by atoms with Gasteiger partial charge in [-0.2, -0.15) is 0 Å². The van der Waals surface area contributed by atoms with Crippen molar-refractivity contribution in [1.82, 2.24) is 9.97 Å². The number of nitrogen functional groups attached to an aromatic ring is 1. The Bertz CT molecular complexity index is 865. The first-order valence-corrected chi connectivity index (χ1v) is 9.29. The molecule has 7 heteroatoms. The second-order valence-corrected chi connectivity index (χ2v) is 7.55. The third-order valence-electron chi connectivity index (χ3n) is 5.18. The highest BCUT2D eigenvalue weighted by molar-refractivity contribution is 6.13. The van der Waals surface area contributed by atoms with Crippen molar-refractivity contribution in [3.8, 4) is 5.75 Å². The van der Waals surface area contributed by atoms with E-state index in [1.165, 1.54) is 6.33 Å². The van der Waals surface area contributed by atoms with Crippen LogP contribution in [-0.4, -0.2) is 47.1 Å². The highest BCUT2D eigenvalue weighted by atomic mass is 16.5. The molecule has 0 amide bonds. The summed E-state index contributed by atoms with van der Waals surface area (Å²) in [6.07, 6.45) is 3.61. The average molecular weight is 367 g/mol. The van der Waals surface area contributed by atoms with Crippen LogP contribution in [0.2, 0.25) is 0 Å². The number of benzene rings is 1. The summed E-state index contributed by atoms with van der Waals surface area (Å²) >= 11 is 0. The summed E-state index contributed by atoms with van der Waals surface area (Å²) in [5.74, 6) is 1.54. The fourth-order valence-corrected chi connectivity index (χ4v) is 3.22. The first-order chi connectivity index (χ1) is 13.0. The van der Waals surface area contributed by atoms with Crippen LogP contribution in [0.4, 0.5) is 11.5 Å². The van der Waals surface area contributed by atoms with Crippen molar-refractivity contribution in [1.29, 1.82) is 5.41 Å². The van der Waals surface area contributed by atoms with Crippen LogP contribution in [0.1, 0.15) is 37.9 Å². The Morgan fingerprint density at radius 1 is 1.33 bits per heavy atom. The van der Waals surface area contributed by atoms with E-state index in [0.29, 0.717) is 30.2 Å². The molecule has 1 aromatic heterocycles. The van der Waals surface area contributed by atoms with Gasteiger partial charge in [-0.05, 0) is 44.9 Å². The number of nitrogens with two attached hydrogens (primary N) is 1. The third kappa shape index (κ3) is 3.73. The number of morpholine rings is 1. The second kappa shape index (κ2) is 6.81. The fourth-order valence-electron chi connectivity index (χ4n) is 3.22. The van der Waals surface area contributed by atoms with Crippen LogP contribution in [0.25, 0.3) is 0 Å². The molecule has 3 N–H and O–H groups in total. The van der Waals surface area contributed by atoms with E-state index in [4.69, 9.17) is 20.6 Å². The Labute approximate surface area is 159 Å². The maximum Gasteiger partial charge on any atom is 0.133 e. The molecule has 7 nitrogen and oxygen atoms in total. The quantitative estimate of drug-likeness (QED) is 0.623. The third-order valence-corrected chi connectivity index (χ3v) is 5.18. The zero-order valence-corrected chi connectivity index (χ0v) is 15.7. The molecule has 2 aliphatic rings. The predicted octanol–water partition coefficient (Wildman–Crippen LogP) is 2.63. The van der Waals surface area contributed by atoms with E-state index >= 15 is 0 Å². The van der Waals surface area contributed by atoms with Crippen molar-refractivity contribution in [3.05, 3.63) is 41.9 Å². The Kier molecular flexibility index (Phi) is 4.47. The van der Waals surface area contributed by atoms with E-state index < -0.39 is 0 Å². The molecule has 1 aromatic carbocycles. The topological polar surface area (TPSA) is 97.3 Å². The zero-order valence-electron chi connectivity index (χ0n) is 15.7. The summed E-state index contributed by atoms with van der Waals surface area (Å²) < 4.78 is 11.5. The smallest absolute Gasteiger partial charge is 0.133 e. The van der Waals surface area contributed by atoms with Gasteiger partial charge in [0.1, 0.15) is 23.5 Å². The van der Waals surface area contributed by atoms with E-state index in [1.807, 2.05) is 18.2 Å². The monoisotopic (exact) mass is 367 g/mol. The first kappa shape index (κ1) is 17.7. The number of anilines is 2. The summed E-state index contributed by atoms with van der Waals surface area (Å²) in [4.78, 5) is 10.9. The molecule has 1 saturated heterocycles. The Morgan fingerprint density at radius 2 is 2.15 bits per heavy atom. The second-order valence-electron chi connectivity index (χ2n) is 7.55. The van der Waals surface area contributed by atoms with Crippen LogP contribution in [0, 0.1) is 5.41 Å². The van der Waals surface area contributed by atoms with E-state index in [2.05, 4.69) is 28.7 Å². The van der Waals surface area contributed by atoms with Gasteiger partial charge in [0.25, 0.3) is 0 Å². The van der Waals surface area contributed by atoms with Gasteiger partial charge < -0.3 is 20.1 Å². The van der Waals surface area contributed by atoms with Crippen molar-refractivity contribution in [2.75, 3.05) is 30.4 Å².